The summed E-state index contributed by atoms with van der Waals surface area (Å²) in [6.45, 7) is 10.0. The maximum atomic E-state index is 11.5. The number of nitrogens with one attached hydrogen (secondary N) is 1. The van der Waals surface area contributed by atoms with Crippen LogP contribution in [0.3, 0.4) is 0 Å². The summed E-state index contributed by atoms with van der Waals surface area (Å²) in [7, 11) is 0. The molecule has 2 N–H and O–H groups in total. The van der Waals surface area contributed by atoms with E-state index in [1.54, 1.807) is 6.07 Å². The Labute approximate surface area is 151 Å². The van der Waals surface area contributed by atoms with E-state index in [9.17, 15) is 9.90 Å². The number of nitrogens with zero attached hydrogens (tertiary/aromatic N) is 3. The number of phenols is 1. The molecule has 0 saturated carbocycles. The highest BCUT2D eigenvalue weighted by Gasteiger charge is 2.27. The van der Waals surface area contributed by atoms with Crippen molar-refractivity contribution in [2.45, 2.75) is 32.6 Å². The van der Waals surface area contributed by atoms with Gasteiger partial charge in [0.15, 0.2) is 0 Å². The van der Waals surface area contributed by atoms with E-state index in [2.05, 4.69) is 32.7 Å². The number of phenolic OH excluding ortho intramolecular Hbond substituents is 1. The summed E-state index contributed by atoms with van der Waals surface area (Å²) in [6, 6.07) is 11.5. The lowest BCUT2D eigenvalue weighted by atomic mass is 9.82. The van der Waals surface area contributed by atoms with Gasteiger partial charge in [0, 0.05) is 5.69 Å². The fraction of sp³-hybridized carbons (Fsp3) is 0.250. The number of carbonyl (C=O) groups excluding carboxylic acids is 1. The number of anilines is 1. The number of aromatic nitrogens is 3. The highest BCUT2D eigenvalue weighted by Crippen LogP contribution is 2.35. The Morgan fingerprint density at radius 1 is 1.19 bits per heavy atom. The van der Waals surface area contributed by atoms with Crippen molar-refractivity contribution in [1.82, 2.24) is 14.1 Å². The minimum absolute atomic E-state index is 0.0389. The van der Waals surface area contributed by atoms with E-state index in [1.165, 1.54) is 11.6 Å². The molecule has 0 bridgehead atoms. The summed E-state index contributed by atoms with van der Waals surface area (Å²) in [6.07, 6.45) is 2.26. The van der Waals surface area contributed by atoms with Gasteiger partial charge in [-0.3, -0.25) is 4.79 Å². The first-order valence-corrected chi connectivity index (χ1v) is 8.68. The molecule has 0 spiro atoms. The van der Waals surface area contributed by atoms with Gasteiger partial charge in [-0.25, -0.2) is 0 Å². The van der Waals surface area contributed by atoms with Crippen molar-refractivity contribution in [1.29, 1.82) is 0 Å². The van der Waals surface area contributed by atoms with E-state index in [-0.39, 0.29) is 17.1 Å². The molecule has 2 aromatic carbocycles. The SMILES string of the molecule is C=CC(=O)Nc1ccc2c(c1)n1n(-c3cc(C(C)(C)CC)ccc3O)n21. The average molecular weight is 350 g/mol. The maximum absolute atomic E-state index is 11.5. The van der Waals surface area contributed by atoms with Gasteiger partial charge >= 0.3 is 0 Å². The van der Waals surface area contributed by atoms with Crippen molar-refractivity contribution in [3.63, 3.8) is 0 Å². The first-order valence-electron chi connectivity index (χ1n) is 8.68. The maximum Gasteiger partial charge on any atom is 0.247 e. The summed E-state index contributed by atoms with van der Waals surface area (Å²) in [5.41, 5.74) is 4.69. The molecule has 6 heteroatoms. The molecule has 0 aliphatic rings. The van der Waals surface area contributed by atoms with Gasteiger partial charge in [0.25, 0.3) is 0 Å². The molecule has 0 aliphatic carbocycles. The van der Waals surface area contributed by atoms with Crippen molar-refractivity contribution in [3.05, 3.63) is 54.6 Å². The third-order valence-corrected chi connectivity index (χ3v) is 5.22. The number of hydrogen-bond acceptors (Lipinski definition) is 2. The quantitative estimate of drug-likeness (QED) is 0.536. The Morgan fingerprint density at radius 3 is 2.62 bits per heavy atom. The van der Waals surface area contributed by atoms with Gasteiger partial charge in [0.1, 0.15) is 22.5 Å². The minimum atomic E-state index is -0.240. The van der Waals surface area contributed by atoms with Crippen LogP contribution in [0.25, 0.3) is 16.7 Å². The van der Waals surface area contributed by atoms with E-state index >= 15 is 0 Å². The monoisotopic (exact) mass is 350 g/mol. The van der Waals surface area contributed by atoms with E-state index in [4.69, 9.17) is 0 Å². The molecule has 0 radical (unpaired) electrons. The third kappa shape index (κ3) is 2.29. The molecule has 0 saturated heterocycles. The predicted octanol–water partition coefficient (Wildman–Crippen LogP) is 3.94. The van der Waals surface area contributed by atoms with Crippen molar-refractivity contribution in [3.8, 4) is 11.4 Å². The van der Waals surface area contributed by atoms with E-state index in [0.717, 1.165) is 23.1 Å². The topological polar surface area (TPSA) is 63.1 Å². The standard InChI is InChI=1S/C20H22N4O2/c1-5-19(26)21-14-8-9-15-16(12-14)23-22(15)24(23)17-11-13(7-10-18(17)25)20(3,4)6-2/h5,7-12,25H,1,6H2,2-4H3,(H,21,26). The van der Waals surface area contributed by atoms with E-state index in [0.29, 0.717) is 5.69 Å². The predicted molar refractivity (Wildman–Crippen MR) is 103 cm³/mol. The summed E-state index contributed by atoms with van der Waals surface area (Å²) in [5, 5.41) is 13.1. The van der Waals surface area contributed by atoms with Crippen LogP contribution >= 0.6 is 0 Å². The lowest BCUT2D eigenvalue weighted by Gasteiger charge is -2.23. The highest BCUT2D eigenvalue weighted by molar-refractivity contribution is 6.00. The van der Waals surface area contributed by atoms with Crippen molar-refractivity contribution in [2.24, 2.45) is 0 Å². The zero-order valence-corrected chi connectivity index (χ0v) is 15.2. The first kappa shape index (κ1) is 16.3. The second-order valence-electron chi connectivity index (χ2n) is 7.21. The summed E-state index contributed by atoms with van der Waals surface area (Å²) in [5.74, 6) is -0.00271. The summed E-state index contributed by atoms with van der Waals surface area (Å²) >= 11 is 0. The molecule has 2 heterocycles. The first-order chi connectivity index (χ1) is 12.4. The van der Waals surface area contributed by atoms with Crippen LogP contribution in [0, 0.1) is 0 Å². The minimum Gasteiger partial charge on any atom is -0.506 e. The van der Waals surface area contributed by atoms with Crippen molar-refractivity contribution < 1.29 is 9.90 Å². The second kappa shape index (κ2) is 5.42. The highest BCUT2D eigenvalue weighted by atomic mass is 16.3. The summed E-state index contributed by atoms with van der Waals surface area (Å²) < 4.78 is 3.93. The Hall–Kier alpha value is -3.15. The number of amides is 1. The fourth-order valence-corrected chi connectivity index (χ4v) is 3.13. The van der Waals surface area contributed by atoms with E-state index in [1.807, 2.05) is 44.4 Å². The van der Waals surface area contributed by atoms with Crippen LogP contribution in [0.5, 0.6) is 5.75 Å². The van der Waals surface area contributed by atoms with Crippen LogP contribution in [-0.2, 0) is 10.2 Å². The average Bonchev–Trinajstić information content (AvgIpc) is 3.29. The molecule has 0 atom stereocenters. The number of rotatable bonds is 5. The molecule has 134 valence electrons. The van der Waals surface area contributed by atoms with Crippen molar-refractivity contribution >= 4 is 22.6 Å². The number of benzene rings is 2. The molecule has 6 nitrogen and oxygen atoms in total. The van der Waals surface area contributed by atoms with Gasteiger partial charge in [0.05, 0.1) is 0 Å². The molecular weight excluding hydrogens is 328 g/mol. The number of aromatic hydroxyl groups is 1. The van der Waals surface area contributed by atoms with Crippen LogP contribution < -0.4 is 5.32 Å². The molecule has 4 aromatic rings. The largest absolute Gasteiger partial charge is 0.506 e. The van der Waals surface area contributed by atoms with Gasteiger partial charge < -0.3 is 10.4 Å². The Balaban J connectivity index is 1.76. The van der Waals surface area contributed by atoms with Gasteiger partial charge in [-0.05, 0) is 53.8 Å². The molecular formula is C20H22N4O2. The zero-order valence-electron chi connectivity index (χ0n) is 15.2. The van der Waals surface area contributed by atoms with Crippen molar-refractivity contribution in [2.75, 3.05) is 5.32 Å². The second-order valence-corrected chi connectivity index (χ2v) is 7.21. The van der Waals surface area contributed by atoms with Crippen LogP contribution in [0.2, 0.25) is 0 Å². The summed E-state index contributed by atoms with van der Waals surface area (Å²) in [4.78, 5) is 13.4. The molecule has 0 unspecified atom stereocenters. The van der Waals surface area contributed by atoms with Gasteiger partial charge in [0.2, 0.25) is 5.91 Å². The molecule has 4 rings (SSSR count). The fourth-order valence-electron chi connectivity index (χ4n) is 3.13. The number of fused-ring (bicyclic) bond motifs is 4. The van der Waals surface area contributed by atoms with Gasteiger partial charge in [-0.15, -0.1) is 14.1 Å². The molecule has 0 aliphatic heterocycles. The number of carbonyl (C=O) groups is 1. The molecule has 26 heavy (non-hydrogen) atoms. The molecule has 0 fully saturated rings. The number of hydrogen-bond donors (Lipinski definition) is 2. The smallest absolute Gasteiger partial charge is 0.247 e. The Morgan fingerprint density at radius 2 is 1.92 bits per heavy atom. The lowest BCUT2D eigenvalue weighted by Crippen LogP contribution is -2.15. The third-order valence-electron chi connectivity index (χ3n) is 5.22. The Kier molecular flexibility index (Phi) is 3.41. The van der Waals surface area contributed by atoms with Gasteiger partial charge in [-0.1, -0.05) is 33.4 Å². The lowest BCUT2D eigenvalue weighted by molar-refractivity contribution is -0.111. The van der Waals surface area contributed by atoms with Crippen LogP contribution in [0.15, 0.2) is 49.1 Å². The zero-order chi connectivity index (χ0) is 18.6. The van der Waals surface area contributed by atoms with Crippen LogP contribution in [-0.4, -0.2) is 25.1 Å². The van der Waals surface area contributed by atoms with Gasteiger partial charge in [-0.2, -0.15) is 0 Å². The normalized spacial score (nSPS) is 12.3. The van der Waals surface area contributed by atoms with Crippen LogP contribution in [0.1, 0.15) is 32.8 Å². The molecule has 1 amide bonds. The molecule has 2 aromatic heterocycles. The van der Waals surface area contributed by atoms with Crippen LogP contribution in [0.4, 0.5) is 5.69 Å². The van der Waals surface area contributed by atoms with E-state index < -0.39 is 0 Å². The Bertz CT molecular complexity index is 1130.